The first-order chi connectivity index (χ1) is 8.84. The Hall–Kier alpha value is -1.35. The fourth-order valence-electron chi connectivity index (χ4n) is 3.06. The third-order valence-electron chi connectivity index (χ3n) is 4.00. The molecule has 0 bridgehead atoms. The van der Waals surface area contributed by atoms with Crippen LogP contribution in [-0.4, -0.2) is 29.6 Å². The van der Waals surface area contributed by atoms with Gasteiger partial charge >= 0.3 is 0 Å². The number of fused-ring (bicyclic) bond motifs is 1. The van der Waals surface area contributed by atoms with E-state index >= 15 is 0 Å². The van der Waals surface area contributed by atoms with E-state index in [0.717, 1.165) is 19.4 Å². The minimum Gasteiger partial charge on any atom is -0.366 e. The molecule has 1 saturated carbocycles. The lowest BCUT2D eigenvalue weighted by Gasteiger charge is -2.43. The Balaban J connectivity index is 1.77. The standard InChI is InChI=1S/C15H19NO2/c17-15-11-18-14-9-5-4-8-13(14)16(15)10-12-6-2-1-3-7-12/h1-3,6-7,13-14H,4-5,8-11H2. The monoisotopic (exact) mass is 245 g/mol. The van der Waals surface area contributed by atoms with Gasteiger partial charge in [-0.25, -0.2) is 0 Å². The van der Waals surface area contributed by atoms with Crippen molar-refractivity contribution >= 4 is 5.91 Å². The molecule has 0 aromatic heterocycles. The van der Waals surface area contributed by atoms with Crippen LogP contribution in [0.1, 0.15) is 31.2 Å². The molecule has 18 heavy (non-hydrogen) atoms. The van der Waals surface area contributed by atoms with Gasteiger partial charge in [-0.2, -0.15) is 0 Å². The number of nitrogens with zero attached hydrogens (tertiary/aromatic N) is 1. The van der Waals surface area contributed by atoms with E-state index in [1.54, 1.807) is 0 Å². The lowest BCUT2D eigenvalue weighted by Crippen LogP contribution is -2.55. The summed E-state index contributed by atoms with van der Waals surface area (Å²) in [4.78, 5) is 14.1. The van der Waals surface area contributed by atoms with E-state index in [2.05, 4.69) is 12.1 Å². The molecule has 3 heteroatoms. The number of ether oxygens (including phenoxy) is 1. The van der Waals surface area contributed by atoms with Gasteiger partial charge in [0.05, 0.1) is 12.1 Å². The second-order valence-electron chi connectivity index (χ2n) is 5.21. The second kappa shape index (κ2) is 5.11. The maximum absolute atomic E-state index is 12.1. The average Bonchev–Trinajstić information content (AvgIpc) is 2.43. The van der Waals surface area contributed by atoms with Crippen molar-refractivity contribution in [3.05, 3.63) is 35.9 Å². The maximum Gasteiger partial charge on any atom is 0.249 e. The van der Waals surface area contributed by atoms with E-state index in [9.17, 15) is 4.79 Å². The van der Waals surface area contributed by atoms with E-state index < -0.39 is 0 Å². The van der Waals surface area contributed by atoms with Crippen molar-refractivity contribution in [2.75, 3.05) is 6.61 Å². The van der Waals surface area contributed by atoms with Gasteiger partial charge in [-0.3, -0.25) is 4.79 Å². The molecule has 1 amide bonds. The first-order valence-corrected chi connectivity index (χ1v) is 6.79. The topological polar surface area (TPSA) is 29.5 Å². The molecule has 2 fully saturated rings. The lowest BCUT2D eigenvalue weighted by molar-refractivity contribution is -0.161. The molecular formula is C15H19NO2. The van der Waals surface area contributed by atoms with Crippen molar-refractivity contribution in [1.82, 2.24) is 4.90 Å². The van der Waals surface area contributed by atoms with Crippen molar-refractivity contribution in [3.8, 4) is 0 Å². The number of benzene rings is 1. The van der Waals surface area contributed by atoms with E-state index in [1.165, 1.54) is 18.4 Å². The molecule has 1 aromatic carbocycles. The van der Waals surface area contributed by atoms with Gasteiger partial charge in [0.25, 0.3) is 0 Å². The summed E-state index contributed by atoms with van der Waals surface area (Å²) in [5, 5.41) is 0. The third-order valence-corrected chi connectivity index (χ3v) is 4.00. The molecule has 2 unspecified atom stereocenters. The first-order valence-electron chi connectivity index (χ1n) is 6.79. The normalized spacial score (nSPS) is 28.0. The smallest absolute Gasteiger partial charge is 0.249 e. The van der Waals surface area contributed by atoms with Crippen LogP contribution in [-0.2, 0) is 16.1 Å². The summed E-state index contributed by atoms with van der Waals surface area (Å²) in [5.41, 5.74) is 1.21. The Labute approximate surface area is 108 Å². The van der Waals surface area contributed by atoms with E-state index in [0.29, 0.717) is 6.04 Å². The van der Waals surface area contributed by atoms with Gasteiger partial charge in [-0.05, 0) is 18.4 Å². The molecule has 2 atom stereocenters. The molecule has 0 radical (unpaired) electrons. The summed E-state index contributed by atoms with van der Waals surface area (Å²) < 4.78 is 5.67. The number of rotatable bonds is 2. The average molecular weight is 245 g/mol. The summed E-state index contributed by atoms with van der Waals surface area (Å²) in [6.45, 7) is 0.984. The highest BCUT2D eigenvalue weighted by Crippen LogP contribution is 2.29. The van der Waals surface area contributed by atoms with E-state index in [4.69, 9.17) is 4.74 Å². The van der Waals surface area contributed by atoms with Gasteiger partial charge < -0.3 is 9.64 Å². The van der Waals surface area contributed by atoms with Crippen molar-refractivity contribution in [2.24, 2.45) is 0 Å². The van der Waals surface area contributed by atoms with E-state index in [-0.39, 0.29) is 18.6 Å². The fourth-order valence-corrected chi connectivity index (χ4v) is 3.06. The quantitative estimate of drug-likeness (QED) is 0.800. The third kappa shape index (κ3) is 2.27. The minimum absolute atomic E-state index is 0.141. The molecule has 1 aliphatic heterocycles. The summed E-state index contributed by atoms with van der Waals surface area (Å²) in [6, 6.07) is 10.5. The predicted octanol–water partition coefficient (Wildman–Crippen LogP) is 2.36. The molecule has 96 valence electrons. The highest BCUT2D eigenvalue weighted by atomic mass is 16.5. The zero-order chi connectivity index (χ0) is 12.4. The molecule has 3 nitrogen and oxygen atoms in total. The molecule has 0 spiro atoms. The van der Waals surface area contributed by atoms with Crippen LogP contribution in [0.15, 0.2) is 30.3 Å². The van der Waals surface area contributed by atoms with Gasteiger partial charge in [-0.15, -0.1) is 0 Å². The Morgan fingerprint density at radius 3 is 2.78 bits per heavy atom. The fraction of sp³-hybridized carbons (Fsp3) is 0.533. The van der Waals surface area contributed by atoms with Crippen LogP contribution in [0.2, 0.25) is 0 Å². The molecule has 1 aliphatic carbocycles. The molecule has 2 aliphatic rings. The van der Waals surface area contributed by atoms with Crippen LogP contribution in [0.5, 0.6) is 0 Å². The van der Waals surface area contributed by atoms with Crippen molar-refractivity contribution in [2.45, 2.75) is 44.4 Å². The van der Waals surface area contributed by atoms with Crippen molar-refractivity contribution in [1.29, 1.82) is 0 Å². The second-order valence-corrected chi connectivity index (χ2v) is 5.21. The number of hydrogen-bond acceptors (Lipinski definition) is 2. The summed E-state index contributed by atoms with van der Waals surface area (Å²) >= 11 is 0. The van der Waals surface area contributed by atoms with Gasteiger partial charge in [0, 0.05) is 6.54 Å². The maximum atomic E-state index is 12.1. The molecule has 0 N–H and O–H groups in total. The largest absolute Gasteiger partial charge is 0.366 e. The summed E-state index contributed by atoms with van der Waals surface area (Å²) in [6.07, 6.45) is 4.89. The van der Waals surface area contributed by atoms with Gasteiger partial charge in [0.2, 0.25) is 5.91 Å². The van der Waals surface area contributed by atoms with Crippen molar-refractivity contribution < 1.29 is 9.53 Å². The van der Waals surface area contributed by atoms with Crippen LogP contribution in [0.3, 0.4) is 0 Å². The SMILES string of the molecule is O=C1COC2CCCCC2N1Cc1ccccc1. The molecular weight excluding hydrogens is 226 g/mol. The lowest BCUT2D eigenvalue weighted by atomic mass is 9.89. The highest BCUT2D eigenvalue weighted by Gasteiger charge is 2.37. The number of carbonyl (C=O) groups excluding carboxylic acids is 1. The Kier molecular flexibility index (Phi) is 3.33. The Bertz CT molecular complexity index is 418. The Morgan fingerprint density at radius 2 is 1.94 bits per heavy atom. The Morgan fingerprint density at radius 1 is 1.17 bits per heavy atom. The minimum atomic E-state index is 0.141. The molecule has 1 heterocycles. The zero-order valence-electron chi connectivity index (χ0n) is 10.5. The van der Waals surface area contributed by atoms with Crippen LogP contribution < -0.4 is 0 Å². The van der Waals surface area contributed by atoms with E-state index in [1.807, 2.05) is 23.1 Å². The summed E-state index contributed by atoms with van der Waals surface area (Å²) in [7, 11) is 0. The molecule has 1 saturated heterocycles. The van der Waals surface area contributed by atoms with Gasteiger partial charge in [0.15, 0.2) is 0 Å². The molecule has 1 aromatic rings. The number of carbonyl (C=O) groups is 1. The highest BCUT2D eigenvalue weighted by molar-refractivity contribution is 5.78. The van der Waals surface area contributed by atoms with Gasteiger partial charge in [-0.1, -0.05) is 43.2 Å². The van der Waals surface area contributed by atoms with Crippen LogP contribution >= 0.6 is 0 Å². The van der Waals surface area contributed by atoms with Gasteiger partial charge in [0.1, 0.15) is 6.61 Å². The first kappa shape index (κ1) is 11.7. The van der Waals surface area contributed by atoms with Crippen LogP contribution in [0, 0.1) is 0 Å². The number of morpholine rings is 1. The van der Waals surface area contributed by atoms with Crippen molar-refractivity contribution in [3.63, 3.8) is 0 Å². The molecule has 3 rings (SSSR count). The number of amides is 1. The summed E-state index contributed by atoms with van der Waals surface area (Å²) in [5.74, 6) is 0.141. The number of hydrogen-bond donors (Lipinski definition) is 0. The van der Waals surface area contributed by atoms with Crippen LogP contribution in [0.4, 0.5) is 0 Å². The predicted molar refractivity (Wildman–Crippen MR) is 69.0 cm³/mol. The zero-order valence-corrected chi connectivity index (χ0v) is 10.5. The van der Waals surface area contributed by atoms with Crippen LogP contribution in [0.25, 0.3) is 0 Å².